The molecule has 26 heavy (non-hydrogen) atoms. The molecule has 0 amide bonds. The van der Waals surface area contributed by atoms with Crippen LogP contribution >= 0.6 is 0 Å². The van der Waals surface area contributed by atoms with E-state index in [0.29, 0.717) is 11.5 Å². The molecule has 3 aromatic rings. The summed E-state index contributed by atoms with van der Waals surface area (Å²) in [5.41, 5.74) is 3.32. The number of hydrogen-bond donors (Lipinski definition) is 1. The smallest absolute Gasteiger partial charge is 0.263 e. The number of benzene rings is 2. The Morgan fingerprint density at radius 2 is 1.54 bits per heavy atom. The molecule has 6 heteroatoms. The number of nitrogens with one attached hydrogen (secondary N) is 1. The van der Waals surface area contributed by atoms with Gasteiger partial charge in [-0.3, -0.25) is 4.72 Å². The van der Waals surface area contributed by atoms with Gasteiger partial charge in [0.2, 0.25) is 0 Å². The van der Waals surface area contributed by atoms with Crippen molar-refractivity contribution < 1.29 is 13.2 Å². The van der Waals surface area contributed by atoms with Crippen molar-refractivity contribution in [1.29, 1.82) is 0 Å². The first-order valence-corrected chi connectivity index (χ1v) is 9.62. The first-order chi connectivity index (χ1) is 12.3. The van der Waals surface area contributed by atoms with E-state index >= 15 is 0 Å². The van der Waals surface area contributed by atoms with Crippen molar-refractivity contribution in [2.45, 2.75) is 25.7 Å². The Kier molecular flexibility index (Phi) is 4.95. The molecular weight excluding hydrogens is 348 g/mol. The minimum absolute atomic E-state index is 0.195. The van der Waals surface area contributed by atoms with E-state index in [1.807, 2.05) is 39.0 Å². The standard InChI is InChI=1S/C20H20N2O3S/c1-14-4-9-19(10-5-14)26(23,24)22-20-11-8-18(13-21-20)25-17-7-6-15(2)16(3)12-17/h4-13H,1-3H3,(H,21,22). The van der Waals surface area contributed by atoms with Crippen molar-refractivity contribution in [1.82, 2.24) is 4.98 Å². The summed E-state index contributed by atoms with van der Waals surface area (Å²) in [6, 6.07) is 15.7. The zero-order chi connectivity index (χ0) is 18.7. The Morgan fingerprint density at radius 1 is 0.846 bits per heavy atom. The van der Waals surface area contributed by atoms with Crippen LogP contribution in [0.15, 0.2) is 65.7 Å². The number of aromatic nitrogens is 1. The first-order valence-electron chi connectivity index (χ1n) is 8.14. The van der Waals surface area contributed by atoms with Crippen LogP contribution in [0.1, 0.15) is 16.7 Å². The fourth-order valence-corrected chi connectivity index (χ4v) is 3.34. The SMILES string of the molecule is Cc1ccc(S(=O)(=O)Nc2ccc(Oc3ccc(C)c(C)c3)cn2)cc1. The van der Waals surface area contributed by atoms with Gasteiger partial charge in [0.05, 0.1) is 11.1 Å². The number of nitrogens with zero attached hydrogens (tertiary/aromatic N) is 1. The number of hydrogen-bond acceptors (Lipinski definition) is 4. The third-order valence-corrected chi connectivity index (χ3v) is 5.39. The lowest BCUT2D eigenvalue weighted by Gasteiger charge is -2.10. The lowest BCUT2D eigenvalue weighted by Crippen LogP contribution is -2.13. The molecule has 0 spiro atoms. The zero-order valence-electron chi connectivity index (χ0n) is 14.9. The van der Waals surface area contributed by atoms with Crippen molar-refractivity contribution in [2.75, 3.05) is 4.72 Å². The summed E-state index contributed by atoms with van der Waals surface area (Å²) in [4.78, 5) is 4.32. The summed E-state index contributed by atoms with van der Waals surface area (Å²) < 4.78 is 33.0. The summed E-state index contributed by atoms with van der Waals surface area (Å²) in [7, 11) is -3.67. The fourth-order valence-electron chi connectivity index (χ4n) is 2.33. The molecule has 0 aliphatic rings. The van der Waals surface area contributed by atoms with Crippen LogP contribution in [0.25, 0.3) is 0 Å². The summed E-state index contributed by atoms with van der Waals surface area (Å²) >= 11 is 0. The molecule has 0 saturated carbocycles. The van der Waals surface area contributed by atoms with Crippen molar-refractivity contribution >= 4 is 15.8 Å². The Bertz CT molecular complexity index is 1010. The van der Waals surface area contributed by atoms with Gasteiger partial charge < -0.3 is 4.74 Å². The van der Waals surface area contributed by atoms with Crippen molar-refractivity contribution in [3.05, 3.63) is 77.5 Å². The van der Waals surface area contributed by atoms with Gasteiger partial charge in [0.1, 0.15) is 17.3 Å². The molecule has 0 atom stereocenters. The lowest BCUT2D eigenvalue weighted by molar-refractivity contribution is 0.480. The summed E-state index contributed by atoms with van der Waals surface area (Å²) in [6.07, 6.45) is 1.49. The Labute approximate surface area is 153 Å². The van der Waals surface area contributed by atoms with Gasteiger partial charge in [-0.2, -0.15) is 0 Å². The molecule has 0 bridgehead atoms. The predicted molar refractivity (Wildman–Crippen MR) is 102 cm³/mol. The van der Waals surface area contributed by atoms with Gasteiger partial charge in [-0.15, -0.1) is 0 Å². The summed E-state index contributed by atoms with van der Waals surface area (Å²) in [5, 5.41) is 0. The van der Waals surface area contributed by atoms with Crippen molar-refractivity contribution in [3.8, 4) is 11.5 Å². The Hall–Kier alpha value is -2.86. The van der Waals surface area contributed by atoms with E-state index in [4.69, 9.17) is 4.74 Å². The highest BCUT2D eigenvalue weighted by atomic mass is 32.2. The van der Waals surface area contributed by atoms with Crippen LogP contribution in [0, 0.1) is 20.8 Å². The second-order valence-corrected chi connectivity index (χ2v) is 7.83. The third kappa shape index (κ3) is 4.21. The molecule has 0 fully saturated rings. The molecule has 0 radical (unpaired) electrons. The number of ether oxygens (including phenoxy) is 1. The number of rotatable bonds is 5. The molecular formula is C20H20N2O3S. The molecule has 2 aromatic carbocycles. The monoisotopic (exact) mass is 368 g/mol. The molecule has 0 unspecified atom stereocenters. The van der Waals surface area contributed by atoms with Gasteiger partial charge in [0.15, 0.2) is 0 Å². The topological polar surface area (TPSA) is 68.3 Å². The summed E-state index contributed by atoms with van der Waals surface area (Å²) in [5.74, 6) is 1.48. The second-order valence-electron chi connectivity index (χ2n) is 6.15. The van der Waals surface area contributed by atoms with Gasteiger partial charge in [0.25, 0.3) is 10.0 Å². The van der Waals surface area contributed by atoms with E-state index in [2.05, 4.69) is 9.71 Å². The molecule has 0 aliphatic heterocycles. The molecule has 3 rings (SSSR count). The lowest BCUT2D eigenvalue weighted by atomic mass is 10.1. The summed E-state index contributed by atoms with van der Waals surface area (Å²) in [6.45, 7) is 5.96. The molecule has 0 aliphatic carbocycles. The number of aryl methyl sites for hydroxylation is 3. The van der Waals surface area contributed by atoms with E-state index in [-0.39, 0.29) is 10.7 Å². The molecule has 1 N–H and O–H groups in total. The third-order valence-electron chi connectivity index (χ3n) is 4.02. The molecule has 1 heterocycles. The van der Waals surface area contributed by atoms with Gasteiger partial charge in [-0.05, 0) is 68.3 Å². The average Bonchev–Trinajstić information content (AvgIpc) is 2.60. The minimum atomic E-state index is -3.67. The van der Waals surface area contributed by atoms with Gasteiger partial charge in [-0.1, -0.05) is 23.8 Å². The Balaban J connectivity index is 1.73. The maximum Gasteiger partial charge on any atom is 0.263 e. The van der Waals surface area contributed by atoms with E-state index < -0.39 is 10.0 Å². The minimum Gasteiger partial charge on any atom is -0.456 e. The van der Waals surface area contributed by atoms with Gasteiger partial charge >= 0.3 is 0 Å². The van der Waals surface area contributed by atoms with Crippen LogP contribution in [0.4, 0.5) is 5.82 Å². The van der Waals surface area contributed by atoms with E-state index in [1.165, 1.54) is 11.8 Å². The van der Waals surface area contributed by atoms with E-state index in [0.717, 1.165) is 11.1 Å². The quantitative estimate of drug-likeness (QED) is 0.715. The predicted octanol–water partition coefficient (Wildman–Crippen LogP) is 4.60. The van der Waals surface area contributed by atoms with Crippen LogP contribution in [-0.4, -0.2) is 13.4 Å². The average molecular weight is 368 g/mol. The van der Waals surface area contributed by atoms with Crippen molar-refractivity contribution in [2.24, 2.45) is 0 Å². The second kappa shape index (κ2) is 7.17. The number of pyridine rings is 1. The van der Waals surface area contributed by atoms with Crippen molar-refractivity contribution in [3.63, 3.8) is 0 Å². The van der Waals surface area contributed by atoms with Crippen LogP contribution < -0.4 is 9.46 Å². The normalized spacial score (nSPS) is 11.2. The largest absolute Gasteiger partial charge is 0.456 e. The van der Waals surface area contributed by atoms with Gasteiger partial charge in [0, 0.05) is 0 Å². The van der Waals surface area contributed by atoms with Crippen LogP contribution in [0.3, 0.4) is 0 Å². The molecule has 134 valence electrons. The van der Waals surface area contributed by atoms with E-state index in [9.17, 15) is 8.42 Å². The maximum atomic E-state index is 12.4. The maximum absolute atomic E-state index is 12.4. The van der Waals surface area contributed by atoms with Gasteiger partial charge in [-0.25, -0.2) is 13.4 Å². The zero-order valence-corrected chi connectivity index (χ0v) is 15.7. The highest BCUT2D eigenvalue weighted by Crippen LogP contribution is 2.24. The Morgan fingerprint density at radius 3 is 2.15 bits per heavy atom. The van der Waals surface area contributed by atoms with Crippen LogP contribution in [0.5, 0.6) is 11.5 Å². The fraction of sp³-hybridized carbons (Fsp3) is 0.150. The molecule has 0 saturated heterocycles. The van der Waals surface area contributed by atoms with E-state index in [1.54, 1.807) is 36.4 Å². The number of sulfonamides is 1. The van der Waals surface area contributed by atoms with Crippen LogP contribution in [-0.2, 0) is 10.0 Å². The molecule has 1 aromatic heterocycles. The number of anilines is 1. The molecule has 5 nitrogen and oxygen atoms in total. The highest BCUT2D eigenvalue weighted by molar-refractivity contribution is 7.92. The van der Waals surface area contributed by atoms with Crippen LogP contribution in [0.2, 0.25) is 0 Å². The highest BCUT2D eigenvalue weighted by Gasteiger charge is 2.14. The first kappa shape index (κ1) is 17.9.